The van der Waals surface area contributed by atoms with E-state index >= 15 is 0 Å². The molecule has 0 saturated heterocycles. The Morgan fingerprint density at radius 2 is 1.24 bits per heavy atom. The summed E-state index contributed by atoms with van der Waals surface area (Å²) < 4.78 is 10.4. The van der Waals surface area contributed by atoms with Gasteiger partial charge in [-0.3, -0.25) is 20.2 Å². The third-order valence-electron chi connectivity index (χ3n) is 3.84. The molecule has 0 radical (unpaired) electrons. The maximum atomic E-state index is 10.7. The molecule has 0 spiro atoms. The second kappa shape index (κ2) is 11.2. The predicted molar refractivity (Wildman–Crippen MR) is 106 cm³/mol. The first kappa shape index (κ1) is 22.5. The molecule has 0 unspecified atom stereocenters. The van der Waals surface area contributed by atoms with Crippen LogP contribution in [0, 0.1) is 20.2 Å². The lowest BCUT2D eigenvalue weighted by atomic mass is 9.79. The molecule has 0 aliphatic carbocycles. The van der Waals surface area contributed by atoms with Crippen LogP contribution in [0.25, 0.3) is 0 Å². The fourth-order valence-corrected chi connectivity index (χ4v) is 2.39. The fourth-order valence-electron chi connectivity index (χ4n) is 2.39. The molecular weight excluding hydrogens is 384 g/mol. The molecule has 0 aliphatic rings. The van der Waals surface area contributed by atoms with Crippen LogP contribution in [0.3, 0.4) is 0 Å². The van der Waals surface area contributed by atoms with Crippen molar-refractivity contribution in [3.8, 4) is 0 Å². The molecule has 0 saturated carbocycles. The molecule has 0 aliphatic heterocycles. The van der Waals surface area contributed by atoms with E-state index in [1.54, 1.807) is 0 Å². The van der Waals surface area contributed by atoms with Crippen molar-refractivity contribution in [2.45, 2.75) is 0 Å². The van der Waals surface area contributed by atoms with Crippen molar-refractivity contribution in [3.63, 3.8) is 0 Å². The average molecular weight is 403 g/mol. The molecule has 0 amide bonds. The van der Waals surface area contributed by atoms with Crippen molar-refractivity contribution in [1.82, 2.24) is 5.32 Å². The maximum Gasteiger partial charge on any atom is 0.491 e. The van der Waals surface area contributed by atoms with Crippen LogP contribution in [0.15, 0.2) is 48.5 Å². The molecule has 2 aromatic carbocycles. The number of rotatable bonds is 12. The van der Waals surface area contributed by atoms with E-state index in [1.165, 1.54) is 48.5 Å². The Hall–Kier alpha value is -2.83. The number of nitrogens with one attached hydrogen (secondary N) is 1. The van der Waals surface area contributed by atoms with Gasteiger partial charge in [-0.25, -0.2) is 0 Å². The third-order valence-corrected chi connectivity index (χ3v) is 3.84. The SMILES string of the molecule is O=[N+]([O-])c1cccc(B(O)OCCNCCOB(O)c2cccc([N+](=O)[O-])c2)c1. The summed E-state index contributed by atoms with van der Waals surface area (Å²) in [6.07, 6.45) is 0. The summed E-state index contributed by atoms with van der Waals surface area (Å²) in [6.45, 7) is 0.999. The summed E-state index contributed by atoms with van der Waals surface area (Å²) in [7, 11) is -2.58. The Morgan fingerprint density at radius 1 is 0.828 bits per heavy atom. The predicted octanol–water partition coefficient (Wildman–Crippen LogP) is -0.799. The summed E-state index contributed by atoms with van der Waals surface area (Å²) in [5, 5.41) is 44.3. The molecule has 13 heteroatoms. The van der Waals surface area contributed by atoms with Crippen LogP contribution >= 0.6 is 0 Å². The molecule has 0 bridgehead atoms. The van der Waals surface area contributed by atoms with Crippen LogP contribution in [-0.4, -0.2) is 60.4 Å². The van der Waals surface area contributed by atoms with Gasteiger partial charge in [0.05, 0.1) is 9.85 Å². The normalized spacial score (nSPS) is 10.6. The lowest BCUT2D eigenvalue weighted by Gasteiger charge is -2.11. The summed E-state index contributed by atoms with van der Waals surface area (Å²) in [4.78, 5) is 20.4. The lowest BCUT2D eigenvalue weighted by molar-refractivity contribution is -0.385. The number of hydrogen-bond donors (Lipinski definition) is 3. The van der Waals surface area contributed by atoms with Crippen LogP contribution in [-0.2, 0) is 9.31 Å². The van der Waals surface area contributed by atoms with E-state index in [2.05, 4.69) is 5.32 Å². The summed E-state index contributed by atoms with van der Waals surface area (Å²) >= 11 is 0. The van der Waals surface area contributed by atoms with Gasteiger partial charge in [0.15, 0.2) is 0 Å². The number of nitrogens with zero attached hydrogens (tertiary/aromatic N) is 2. The molecule has 0 heterocycles. The highest BCUT2D eigenvalue weighted by atomic mass is 16.6. The van der Waals surface area contributed by atoms with Crippen molar-refractivity contribution < 1.29 is 29.2 Å². The van der Waals surface area contributed by atoms with Gasteiger partial charge in [-0.2, -0.15) is 0 Å². The van der Waals surface area contributed by atoms with Crippen molar-refractivity contribution >= 4 is 36.5 Å². The molecule has 0 fully saturated rings. The first-order valence-electron chi connectivity index (χ1n) is 8.67. The van der Waals surface area contributed by atoms with Crippen molar-refractivity contribution in [3.05, 3.63) is 68.8 Å². The lowest BCUT2D eigenvalue weighted by Crippen LogP contribution is -2.38. The molecule has 2 rings (SSSR count). The molecule has 0 atom stereocenters. The molecule has 11 nitrogen and oxygen atoms in total. The number of benzene rings is 2. The third kappa shape index (κ3) is 7.25. The first-order valence-corrected chi connectivity index (χ1v) is 8.67. The van der Waals surface area contributed by atoms with E-state index in [4.69, 9.17) is 9.31 Å². The van der Waals surface area contributed by atoms with Crippen LogP contribution in [0.4, 0.5) is 11.4 Å². The smallest absolute Gasteiger partial charge is 0.423 e. The zero-order valence-electron chi connectivity index (χ0n) is 15.3. The Bertz CT molecular complexity index is 774. The van der Waals surface area contributed by atoms with Crippen LogP contribution in [0.2, 0.25) is 0 Å². The minimum Gasteiger partial charge on any atom is -0.423 e. The van der Waals surface area contributed by atoms with E-state index < -0.39 is 24.1 Å². The van der Waals surface area contributed by atoms with E-state index in [0.717, 1.165) is 0 Å². The van der Waals surface area contributed by atoms with Crippen molar-refractivity contribution in [2.24, 2.45) is 0 Å². The van der Waals surface area contributed by atoms with Gasteiger partial charge in [-0.15, -0.1) is 0 Å². The van der Waals surface area contributed by atoms with Gasteiger partial charge in [-0.05, 0) is 10.9 Å². The zero-order valence-corrected chi connectivity index (χ0v) is 15.3. The maximum absolute atomic E-state index is 10.7. The van der Waals surface area contributed by atoms with Crippen LogP contribution < -0.4 is 16.2 Å². The molecule has 29 heavy (non-hydrogen) atoms. The summed E-state index contributed by atoms with van der Waals surface area (Å²) in [5.74, 6) is 0. The quantitative estimate of drug-likeness (QED) is 0.179. The topological polar surface area (TPSA) is 157 Å². The van der Waals surface area contributed by atoms with E-state index in [1.807, 2.05) is 0 Å². The molecule has 152 valence electrons. The number of hydrogen-bond acceptors (Lipinski definition) is 9. The summed E-state index contributed by atoms with van der Waals surface area (Å²) in [6, 6.07) is 11.1. The highest BCUT2D eigenvalue weighted by molar-refractivity contribution is 6.60. The Labute approximate surface area is 166 Å². The standard InChI is InChI=1S/C16H19B2N3O8/c22-17(13-3-1-5-15(11-13)20(24)25)28-9-7-19-8-10-29-18(23)14-4-2-6-16(12-14)21(26)27/h1-6,11-12,19,22-23H,7-10H2. The Balaban J connectivity index is 1.63. The monoisotopic (exact) mass is 403 g/mol. The van der Waals surface area contributed by atoms with Crippen LogP contribution in [0.5, 0.6) is 0 Å². The summed E-state index contributed by atoms with van der Waals surface area (Å²) in [5.41, 5.74) is 0.288. The van der Waals surface area contributed by atoms with Gasteiger partial charge in [-0.1, -0.05) is 24.3 Å². The Morgan fingerprint density at radius 3 is 1.62 bits per heavy atom. The largest absolute Gasteiger partial charge is 0.491 e. The first-order chi connectivity index (χ1) is 13.9. The number of nitro groups is 2. The zero-order chi connectivity index (χ0) is 21.2. The van der Waals surface area contributed by atoms with Crippen molar-refractivity contribution in [2.75, 3.05) is 26.3 Å². The fraction of sp³-hybridized carbons (Fsp3) is 0.250. The number of nitro benzene ring substituents is 2. The molecule has 3 N–H and O–H groups in total. The van der Waals surface area contributed by atoms with Gasteiger partial charge in [0, 0.05) is 50.6 Å². The van der Waals surface area contributed by atoms with Crippen LogP contribution in [0.1, 0.15) is 0 Å². The Kier molecular flexibility index (Phi) is 8.70. The van der Waals surface area contributed by atoms with Gasteiger partial charge < -0.3 is 24.7 Å². The van der Waals surface area contributed by atoms with Crippen molar-refractivity contribution in [1.29, 1.82) is 0 Å². The van der Waals surface area contributed by atoms with E-state index in [-0.39, 0.29) is 35.5 Å². The minimum atomic E-state index is -1.29. The second-order valence-electron chi connectivity index (χ2n) is 5.90. The van der Waals surface area contributed by atoms with Gasteiger partial charge in [0.1, 0.15) is 0 Å². The van der Waals surface area contributed by atoms with Gasteiger partial charge >= 0.3 is 14.2 Å². The highest BCUT2D eigenvalue weighted by Gasteiger charge is 2.20. The molecular formula is C16H19B2N3O8. The van der Waals surface area contributed by atoms with E-state index in [0.29, 0.717) is 13.1 Å². The highest BCUT2D eigenvalue weighted by Crippen LogP contribution is 2.08. The van der Waals surface area contributed by atoms with Gasteiger partial charge in [0.2, 0.25) is 0 Å². The second-order valence-corrected chi connectivity index (χ2v) is 5.90. The molecule has 2 aromatic rings. The average Bonchev–Trinajstić information content (AvgIpc) is 2.72. The number of non-ortho nitro benzene ring substituents is 2. The molecule has 0 aromatic heterocycles. The minimum absolute atomic E-state index is 0.136. The van der Waals surface area contributed by atoms with Gasteiger partial charge in [0.25, 0.3) is 11.4 Å². The van der Waals surface area contributed by atoms with E-state index in [9.17, 15) is 30.3 Å².